The van der Waals surface area contributed by atoms with E-state index in [1.807, 2.05) is 0 Å². The maximum absolute atomic E-state index is 12.3. The molecule has 2 aromatic rings. The molecule has 0 unspecified atom stereocenters. The van der Waals surface area contributed by atoms with Crippen LogP contribution in [-0.2, 0) is 5.79 Å². The van der Waals surface area contributed by atoms with E-state index in [-0.39, 0.29) is 0 Å². The van der Waals surface area contributed by atoms with Crippen LogP contribution in [-0.4, -0.2) is 21.4 Å². The number of hydrogen-bond acceptors (Lipinski definition) is 5. The Bertz CT molecular complexity index is 505. The second-order valence-corrected chi connectivity index (χ2v) is 5.16. The van der Waals surface area contributed by atoms with Gasteiger partial charge in [0.25, 0.3) is 0 Å². The van der Waals surface area contributed by atoms with Crippen LogP contribution >= 0.6 is 22.7 Å². The van der Waals surface area contributed by atoms with Gasteiger partial charge in [0, 0.05) is 11.1 Å². The van der Waals surface area contributed by atoms with Crippen LogP contribution in [0.15, 0.2) is 23.7 Å². The highest BCUT2D eigenvalue weighted by Crippen LogP contribution is 2.40. The predicted molar refractivity (Wildman–Crippen MR) is 57.6 cm³/mol. The molecular formula is C9H6F3NO2S2. The standard InChI is InChI=1S/C9H6F3NO2S2/c10-9(11,12)8(14,15)7-13-4-6(17-7)5-2-1-3-16-5/h1-4,14-15H. The van der Waals surface area contributed by atoms with Crippen molar-refractivity contribution >= 4 is 22.7 Å². The zero-order chi connectivity index (χ0) is 12.7. The fourth-order valence-corrected chi connectivity index (χ4v) is 2.83. The Labute approximate surface area is 102 Å². The number of thiophene rings is 1. The minimum absolute atomic E-state index is 0.465. The van der Waals surface area contributed by atoms with E-state index in [0.717, 1.165) is 4.88 Å². The zero-order valence-electron chi connectivity index (χ0n) is 8.10. The first-order valence-electron chi connectivity index (χ1n) is 4.34. The summed E-state index contributed by atoms with van der Waals surface area (Å²) < 4.78 is 37.0. The lowest BCUT2D eigenvalue weighted by molar-refractivity contribution is -0.358. The van der Waals surface area contributed by atoms with Crippen molar-refractivity contribution in [3.05, 3.63) is 28.7 Å². The van der Waals surface area contributed by atoms with Crippen LogP contribution in [0.3, 0.4) is 0 Å². The minimum Gasteiger partial charge on any atom is -0.353 e. The highest BCUT2D eigenvalue weighted by atomic mass is 32.1. The quantitative estimate of drug-likeness (QED) is 0.832. The molecule has 0 aliphatic carbocycles. The molecule has 0 atom stereocenters. The third kappa shape index (κ3) is 2.21. The zero-order valence-corrected chi connectivity index (χ0v) is 9.73. The smallest absolute Gasteiger partial charge is 0.353 e. The van der Waals surface area contributed by atoms with E-state index >= 15 is 0 Å². The van der Waals surface area contributed by atoms with Crippen LogP contribution in [0.2, 0.25) is 0 Å². The third-order valence-electron chi connectivity index (χ3n) is 1.96. The summed E-state index contributed by atoms with van der Waals surface area (Å²) >= 11 is 1.94. The van der Waals surface area contributed by atoms with E-state index in [0.29, 0.717) is 16.2 Å². The van der Waals surface area contributed by atoms with Crippen molar-refractivity contribution in [2.45, 2.75) is 12.0 Å². The fraction of sp³-hybridized carbons (Fsp3) is 0.222. The van der Waals surface area contributed by atoms with Gasteiger partial charge in [0.1, 0.15) is 0 Å². The molecule has 0 radical (unpaired) electrons. The van der Waals surface area contributed by atoms with Gasteiger partial charge in [0.15, 0.2) is 5.01 Å². The van der Waals surface area contributed by atoms with Gasteiger partial charge in [-0.25, -0.2) is 4.98 Å². The summed E-state index contributed by atoms with van der Waals surface area (Å²) in [6, 6.07) is 3.46. The van der Waals surface area contributed by atoms with Crippen molar-refractivity contribution in [1.82, 2.24) is 4.98 Å². The molecular weight excluding hydrogens is 275 g/mol. The third-order valence-corrected chi connectivity index (χ3v) is 4.12. The first-order chi connectivity index (χ1) is 7.82. The van der Waals surface area contributed by atoms with Crippen molar-refractivity contribution in [2.24, 2.45) is 0 Å². The van der Waals surface area contributed by atoms with Crippen LogP contribution in [0, 0.1) is 0 Å². The largest absolute Gasteiger partial charge is 0.450 e. The molecule has 0 aliphatic heterocycles. The lowest BCUT2D eigenvalue weighted by atomic mass is 10.3. The summed E-state index contributed by atoms with van der Waals surface area (Å²) in [5, 5.41) is 19.0. The van der Waals surface area contributed by atoms with Gasteiger partial charge in [0.05, 0.1) is 4.88 Å². The lowest BCUT2D eigenvalue weighted by Crippen LogP contribution is -2.41. The first kappa shape index (κ1) is 12.5. The Hall–Kier alpha value is -0.960. The van der Waals surface area contributed by atoms with Crippen LogP contribution in [0.1, 0.15) is 5.01 Å². The molecule has 92 valence electrons. The van der Waals surface area contributed by atoms with Gasteiger partial charge < -0.3 is 10.2 Å². The summed E-state index contributed by atoms with van der Waals surface area (Å²) in [6.07, 6.45) is -3.98. The molecule has 0 amide bonds. The molecule has 2 N–H and O–H groups in total. The normalized spacial score (nSPS) is 13.0. The molecule has 0 aromatic carbocycles. The average Bonchev–Trinajstić information content (AvgIpc) is 2.87. The highest BCUT2D eigenvalue weighted by molar-refractivity contribution is 7.21. The van der Waals surface area contributed by atoms with E-state index < -0.39 is 17.0 Å². The van der Waals surface area contributed by atoms with E-state index in [2.05, 4.69) is 4.98 Å². The first-order valence-corrected chi connectivity index (χ1v) is 6.03. The van der Waals surface area contributed by atoms with Crippen molar-refractivity contribution in [3.8, 4) is 9.75 Å². The molecule has 17 heavy (non-hydrogen) atoms. The van der Waals surface area contributed by atoms with Gasteiger partial charge in [-0.1, -0.05) is 6.07 Å². The number of aromatic nitrogens is 1. The van der Waals surface area contributed by atoms with Crippen LogP contribution < -0.4 is 0 Å². The number of halogens is 3. The number of alkyl halides is 3. The van der Waals surface area contributed by atoms with Crippen molar-refractivity contribution in [2.75, 3.05) is 0 Å². The number of rotatable bonds is 2. The van der Waals surface area contributed by atoms with E-state index in [4.69, 9.17) is 10.2 Å². The minimum atomic E-state index is -5.17. The molecule has 0 fully saturated rings. The molecule has 2 rings (SSSR count). The predicted octanol–water partition coefficient (Wildman–Crippen LogP) is 2.57. The number of hydrogen-bond donors (Lipinski definition) is 2. The summed E-state index contributed by atoms with van der Waals surface area (Å²) in [6.45, 7) is 0. The SMILES string of the molecule is OC(O)(c1ncc(-c2cccs2)s1)C(F)(F)F. The Morgan fingerprint density at radius 2 is 1.88 bits per heavy atom. The Morgan fingerprint density at radius 1 is 1.18 bits per heavy atom. The summed E-state index contributed by atoms with van der Waals surface area (Å²) in [4.78, 5) is 4.61. The summed E-state index contributed by atoms with van der Waals surface area (Å²) in [5.74, 6) is -3.90. The van der Waals surface area contributed by atoms with Gasteiger partial charge >= 0.3 is 12.0 Å². The fourth-order valence-electron chi connectivity index (χ4n) is 1.09. The van der Waals surface area contributed by atoms with Gasteiger partial charge in [-0.05, 0) is 11.4 Å². The molecule has 0 saturated heterocycles. The van der Waals surface area contributed by atoms with E-state index in [1.54, 1.807) is 17.5 Å². The number of nitrogens with zero attached hydrogens (tertiary/aromatic N) is 1. The van der Waals surface area contributed by atoms with Crippen LogP contribution in [0.25, 0.3) is 9.75 Å². The Balaban J connectivity index is 2.37. The Morgan fingerprint density at radius 3 is 2.41 bits per heavy atom. The second kappa shape index (κ2) is 4.05. The van der Waals surface area contributed by atoms with Gasteiger partial charge in [-0.2, -0.15) is 13.2 Å². The molecule has 3 nitrogen and oxygen atoms in total. The molecule has 0 saturated carbocycles. The maximum atomic E-state index is 12.3. The Kier molecular flexibility index (Phi) is 2.98. The number of aliphatic hydroxyl groups is 2. The highest BCUT2D eigenvalue weighted by Gasteiger charge is 2.56. The summed E-state index contributed by atoms with van der Waals surface area (Å²) in [5.41, 5.74) is 0. The summed E-state index contributed by atoms with van der Waals surface area (Å²) in [7, 11) is 0. The van der Waals surface area contributed by atoms with Crippen molar-refractivity contribution in [1.29, 1.82) is 0 Å². The topological polar surface area (TPSA) is 53.4 Å². The molecule has 0 aliphatic rings. The molecule has 2 aromatic heterocycles. The average molecular weight is 281 g/mol. The molecule has 0 bridgehead atoms. The molecule has 0 spiro atoms. The molecule has 8 heteroatoms. The van der Waals surface area contributed by atoms with Crippen molar-refractivity contribution in [3.63, 3.8) is 0 Å². The lowest BCUT2D eigenvalue weighted by Gasteiger charge is -2.21. The molecule has 2 heterocycles. The number of thiazole rings is 1. The van der Waals surface area contributed by atoms with Crippen LogP contribution in [0.5, 0.6) is 0 Å². The van der Waals surface area contributed by atoms with Gasteiger partial charge in [0.2, 0.25) is 0 Å². The van der Waals surface area contributed by atoms with Crippen molar-refractivity contribution < 1.29 is 23.4 Å². The maximum Gasteiger partial charge on any atom is 0.450 e. The second-order valence-electron chi connectivity index (χ2n) is 3.18. The van der Waals surface area contributed by atoms with E-state index in [1.165, 1.54) is 17.5 Å². The van der Waals surface area contributed by atoms with Gasteiger partial charge in [-0.15, -0.1) is 22.7 Å². The van der Waals surface area contributed by atoms with Gasteiger partial charge in [-0.3, -0.25) is 0 Å². The van der Waals surface area contributed by atoms with Crippen LogP contribution in [0.4, 0.5) is 13.2 Å². The van der Waals surface area contributed by atoms with E-state index in [9.17, 15) is 13.2 Å². The monoisotopic (exact) mass is 281 g/mol.